The fourth-order valence-corrected chi connectivity index (χ4v) is 1.70. The third-order valence-corrected chi connectivity index (χ3v) is 3.12. The van der Waals surface area contributed by atoms with Crippen molar-refractivity contribution >= 4 is 11.0 Å². The van der Waals surface area contributed by atoms with E-state index in [1.165, 1.54) is 13.1 Å². The van der Waals surface area contributed by atoms with E-state index in [2.05, 4.69) is 4.98 Å². The largest absolute Gasteiger partial charge is 0.772 e. The van der Waals surface area contributed by atoms with E-state index in [1.54, 1.807) is 6.19 Å². The van der Waals surface area contributed by atoms with Gasteiger partial charge < -0.3 is 4.55 Å². The lowest BCUT2D eigenvalue weighted by atomic mass is 10.3. The fourth-order valence-electron chi connectivity index (χ4n) is 0.962. The van der Waals surface area contributed by atoms with Gasteiger partial charge in [0, 0.05) is 11.9 Å². The van der Waals surface area contributed by atoms with Crippen LogP contribution in [-0.2, 0) is 22.9 Å². The molecular formula is C9H8F3N3OS. The van der Waals surface area contributed by atoms with Gasteiger partial charge in [-0.3, -0.25) is 4.98 Å². The van der Waals surface area contributed by atoms with Crippen LogP contribution in [0.25, 0.3) is 0 Å². The van der Waals surface area contributed by atoms with E-state index < -0.39 is 22.8 Å². The van der Waals surface area contributed by atoms with Gasteiger partial charge in [0.2, 0.25) is 0 Å². The third-order valence-electron chi connectivity index (χ3n) is 1.85. The minimum Gasteiger partial charge on any atom is -0.772 e. The normalized spacial score (nSPS) is 14.0. The number of nitriles is 1. The lowest BCUT2D eigenvalue weighted by molar-refractivity contribution is -0.379. The van der Waals surface area contributed by atoms with Crippen molar-refractivity contribution < 1.29 is 21.7 Å². The highest BCUT2D eigenvalue weighted by Crippen LogP contribution is 2.27. The van der Waals surface area contributed by atoms with Gasteiger partial charge in [-0.25, -0.2) is 0 Å². The Kier molecular flexibility index (Phi) is 4.20. The molecule has 1 aromatic rings. The molecule has 0 aliphatic rings. The van der Waals surface area contributed by atoms with E-state index in [0.717, 1.165) is 16.2 Å². The van der Waals surface area contributed by atoms with Crippen molar-refractivity contribution in [2.24, 2.45) is 0 Å². The molecule has 1 atom stereocenters. The van der Waals surface area contributed by atoms with E-state index >= 15 is 0 Å². The van der Waals surface area contributed by atoms with E-state index in [1.807, 2.05) is 0 Å². The Labute approximate surface area is 98.2 Å². The molecule has 1 aromatic heterocycles. The van der Waals surface area contributed by atoms with Crippen LogP contribution in [0.2, 0.25) is 0 Å². The van der Waals surface area contributed by atoms with Crippen LogP contribution >= 0.6 is 0 Å². The van der Waals surface area contributed by atoms with Gasteiger partial charge in [-0.05, 0) is 11.6 Å². The topological polar surface area (TPSA) is 62.8 Å². The minimum atomic E-state index is -4.48. The van der Waals surface area contributed by atoms with Gasteiger partial charge in [-0.15, -0.1) is 0 Å². The minimum absolute atomic E-state index is 0.0464. The SMILES string of the molecule is C[N+](C#N)=S([O-])Cc1ccc(C(F)(F)F)nc1. The first-order valence-electron chi connectivity index (χ1n) is 4.38. The number of rotatable bonds is 2. The predicted molar refractivity (Wildman–Crippen MR) is 52.9 cm³/mol. The lowest BCUT2D eigenvalue weighted by Crippen LogP contribution is -2.10. The van der Waals surface area contributed by atoms with Crippen molar-refractivity contribution in [2.75, 3.05) is 7.05 Å². The van der Waals surface area contributed by atoms with Gasteiger partial charge in [-0.1, -0.05) is 17.0 Å². The molecule has 4 nitrogen and oxygen atoms in total. The number of hydrogen-bond acceptors (Lipinski definition) is 3. The van der Waals surface area contributed by atoms with Crippen LogP contribution in [0.4, 0.5) is 13.2 Å². The number of halogens is 3. The maximum Gasteiger partial charge on any atom is 0.464 e. The van der Waals surface area contributed by atoms with Crippen molar-refractivity contribution in [1.82, 2.24) is 4.98 Å². The van der Waals surface area contributed by atoms with Crippen LogP contribution in [0.1, 0.15) is 11.3 Å². The van der Waals surface area contributed by atoms with Crippen LogP contribution in [0, 0.1) is 11.5 Å². The molecule has 0 aliphatic heterocycles. The van der Waals surface area contributed by atoms with E-state index in [4.69, 9.17) is 5.26 Å². The molecule has 0 saturated carbocycles. The monoisotopic (exact) mass is 263 g/mol. The Hall–Kier alpha value is -1.46. The molecule has 0 N–H and O–H groups in total. The first-order chi connectivity index (χ1) is 7.84. The molecule has 8 heteroatoms. The summed E-state index contributed by atoms with van der Waals surface area (Å²) in [4.78, 5) is 3.23. The van der Waals surface area contributed by atoms with Crippen molar-refractivity contribution in [3.63, 3.8) is 0 Å². The highest BCUT2D eigenvalue weighted by atomic mass is 32.2. The second-order valence-electron chi connectivity index (χ2n) is 3.11. The number of nitrogens with zero attached hydrogens (tertiary/aromatic N) is 3. The smallest absolute Gasteiger partial charge is 0.464 e. The van der Waals surface area contributed by atoms with Crippen molar-refractivity contribution in [1.29, 1.82) is 5.26 Å². The Morgan fingerprint density at radius 1 is 1.53 bits per heavy atom. The maximum atomic E-state index is 12.2. The van der Waals surface area contributed by atoms with Gasteiger partial charge >= 0.3 is 12.4 Å². The van der Waals surface area contributed by atoms with Crippen molar-refractivity contribution in [3.8, 4) is 6.19 Å². The summed E-state index contributed by atoms with van der Waals surface area (Å²) >= 11 is 0. The van der Waals surface area contributed by atoms with Crippen LogP contribution in [0.15, 0.2) is 18.3 Å². The van der Waals surface area contributed by atoms with E-state index in [9.17, 15) is 17.7 Å². The molecule has 1 heterocycles. The summed E-state index contributed by atoms with van der Waals surface area (Å²) in [6.45, 7) is 0. The zero-order valence-electron chi connectivity index (χ0n) is 8.73. The van der Waals surface area contributed by atoms with Crippen LogP contribution in [0.3, 0.4) is 0 Å². The molecule has 0 saturated heterocycles. The average Bonchev–Trinajstić information content (AvgIpc) is 2.27. The van der Waals surface area contributed by atoms with Crippen molar-refractivity contribution in [3.05, 3.63) is 29.6 Å². The summed E-state index contributed by atoms with van der Waals surface area (Å²) in [6, 6.07) is 2.01. The summed E-state index contributed by atoms with van der Waals surface area (Å²) in [5.74, 6) is -0.0464. The van der Waals surface area contributed by atoms with Gasteiger partial charge in [0.05, 0.1) is 7.05 Å². The average molecular weight is 263 g/mol. The molecule has 0 bridgehead atoms. The number of hydrogen-bond donors (Lipinski definition) is 0. The van der Waals surface area contributed by atoms with Gasteiger partial charge in [0.25, 0.3) is 0 Å². The predicted octanol–water partition coefficient (Wildman–Crippen LogP) is 1.66. The van der Waals surface area contributed by atoms with Crippen LogP contribution < -0.4 is 0 Å². The quantitative estimate of drug-likeness (QED) is 0.463. The summed E-state index contributed by atoms with van der Waals surface area (Å²) in [5.41, 5.74) is -0.626. The van der Waals surface area contributed by atoms with Gasteiger partial charge in [0.15, 0.2) is 5.26 Å². The highest BCUT2D eigenvalue weighted by molar-refractivity contribution is 7.78. The molecule has 1 unspecified atom stereocenters. The number of alkyl halides is 3. The molecule has 0 aliphatic carbocycles. The molecule has 0 amide bonds. The Balaban J connectivity index is 2.88. The molecule has 92 valence electrons. The first kappa shape index (κ1) is 13.6. The molecule has 1 rings (SSSR count). The second kappa shape index (κ2) is 5.25. The molecule has 0 spiro atoms. The number of pyridine rings is 1. The fraction of sp³-hybridized carbons (Fsp3) is 0.333. The third kappa shape index (κ3) is 3.80. The maximum absolute atomic E-state index is 12.2. The van der Waals surface area contributed by atoms with E-state index in [0.29, 0.717) is 5.56 Å². The Morgan fingerprint density at radius 2 is 2.18 bits per heavy atom. The molecule has 0 aromatic carbocycles. The Morgan fingerprint density at radius 3 is 2.59 bits per heavy atom. The van der Waals surface area contributed by atoms with Crippen molar-refractivity contribution in [2.45, 2.75) is 11.9 Å². The zero-order chi connectivity index (χ0) is 13.1. The molecule has 0 radical (unpaired) electrons. The second-order valence-corrected chi connectivity index (χ2v) is 4.59. The van der Waals surface area contributed by atoms with Crippen LogP contribution in [0.5, 0.6) is 0 Å². The highest BCUT2D eigenvalue weighted by Gasteiger charge is 2.31. The lowest BCUT2D eigenvalue weighted by Gasteiger charge is -2.11. The van der Waals surface area contributed by atoms with Crippen LogP contribution in [-0.4, -0.2) is 20.5 Å². The molecule has 0 fully saturated rings. The van der Waals surface area contributed by atoms with E-state index in [-0.39, 0.29) is 5.75 Å². The summed E-state index contributed by atoms with van der Waals surface area (Å²) in [6.07, 6.45) is -1.83. The summed E-state index contributed by atoms with van der Waals surface area (Å²) in [7, 11) is -0.266. The Bertz CT molecular complexity index is 476. The molecule has 17 heavy (non-hydrogen) atoms. The standard InChI is InChI=1S/C9H8F3N3OS/c1-15(6-13)17(16)5-7-2-3-8(14-4-7)9(10,11)12/h2-4H,5H2,1H3. The van der Waals surface area contributed by atoms with Gasteiger partial charge in [0.1, 0.15) is 5.69 Å². The summed E-state index contributed by atoms with van der Waals surface area (Å²) < 4.78 is 48.9. The summed E-state index contributed by atoms with van der Waals surface area (Å²) in [5, 5.41) is 8.45. The van der Waals surface area contributed by atoms with Gasteiger partial charge in [-0.2, -0.15) is 17.1 Å². The number of aromatic nitrogens is 1. The zero-order valence-corrected chi connectivity index (χ0v) is 9.55. The first-order valence-corrected chi connectivity index (χ1v) is 5.66. The molecular weight excluding hydrogens is 255 g/mol.